The number of carbonyl (C=O) groups is 1. The molecule has 9 heteroatoms. The number of nitrogens with zero attached hydrogens (tertiary/aromatic N) is 3. The number of halogens is 1. The molecule has 0 saturated carbocycles. The van der Waals surface area contributed by atoms with Gasteiger partial charge in [-0.05, 0) is 13.0 Å². The molecule has 3 rings (SSSR count). The van der Waals surface area contributed by atoms with Gasteiger partial charge in [0.1, 0.15) is 5.82 Å². The number of nitrogens with one attached hydrogen (secondary N) is 2. The van der Waals surface area contributed by atoms with Crippen LogP contribution in [0.15, 0.2) is 29.1 Å². The van der Waals surface area contributed by atoms with Gasteiger partial charge in [0.2, 0.25) is 5.95 Å². The summed E-state index contributed by atoms with van der Waals surface area (Å²) < 4.78 is 19.4. The lowest BCUT2D eigenvalue weighted by atomic mass is 10.2. The molecule has 0 aliphatic carbocycles. The van der Waals surface area contributed by atoms with E-state index in [4.69, 9.17) is 0 Å². The normalized spacial score (nSPS) is 10.8. The van der Waals surface area contributed by atoms with E-state index >= 15 is 0 Å². The third-order valence-corrected chi connectivity index (χ3v) is 3.75. The molecule has 2 N–H and O–H groups in total. The van der Waals surface area contributed by atoms with Crippen LogP contribution in [-0.4, -0.2) is 32.7 Å². The minimum Gasteiger partial charge on any atom is -0.469 e. The standard InChI is InChI=1S/C16H16FN5O3/c1-9-11(7-13(23)25-2)14(24)22-16(19-9)20-15(21-22)18-8-10-5-3-4-6-12(10)17/h3-6H,7-8H2,1-2H3,(H2,18,19,20,21). The molecule has 0 unspecified atom stereocenters. The highest BCUT2D eigenvalue weighted by Crippen LogP contribution is 2.10. The first kappa shape index (κ1) is 16.6. The minimum absolute atomic E-state index is 0.159. The Morgan fingerprint density at radius 1 is 1.36 bits per heavy atom. The molecule has 2 heterocycles. The van der Waals surface area contributed by atoms with Crippen molar-refractivity contribution in [1.29, 1.82) is 0 Å². The van der Waals surface area contributed by atoms with E-state index in [1.54, 1.807) is 25.1 Å². The first-order valence-corrected chi connectivity index (χ1v) is 7.52. The average molecular weight is 345 g/mol. The zero-order valence-electron chi connectivity index (χ0n) is 13.7. The summed E-state index contributed by atoms with van der Waals surface area (Å²) in [5, 5.41) is 5.67. The second-order valence-corrected chi connectivity index (χ2v) is 5.39. The predicted octanol–water partition coefficient (Wildman–Crippen LogP) is 1.19. The Balaban J connectivity index is 1.89. The van der Waals surface area contributed by atoms with Crippen LogP contribution in [0.2, 0.25) is 0 Å². The highest BCUT2D eigenvalue weighted by atomic mass is 19.1. The first-order chi connectivity index (χ1) is 12.0. The number of carbonyl (C=O) groups excluding carboxylic acids is 1. The molecular formula is C16H16FN5O3. The molecule has 3 aromatic rings. The molecule has 0 fully saturated rings. The van der Waals surface area contributed by atoms with E-state index in [1.807, 2.05) is 0 Å². The van der Waals surface area contributed by atoms with Crippen LogP contribution < -0.4 is 10.9 Å². The lowest BCUT2D eigenvalue weighted by Gasteiger charge is -2.03. The molecule has 0 spiro atoms. The molecule has 0 saturated heterocycles. The van der Waals surface area contributed by atoms with Gasteiger partial charge >= 0.3 is 5.97 Å². The van der Waals surface area contributed by atoms with Crippen LogP contribution in [0.4, 0.5) is 10.3 Å². The Bertz CT molecular complexity index is 995. The topological polar surface area (TPSA) is 101 Å². The highest BCUT2D eigenvalue weighted by molar-refractivity contribution is 5.72. The molecule has 0 atom stereocenters. The third kappa shape index (κ3) is 3.35. The fraction of sp³-hybridized carbons (Fsp3) is 0.250. The van der Waals surface area contributed by atoms with Crippen molar-refractivity contribution >= 4 is 17.7 Å². The van der Waals surface area contributed by atoms with Gasteiger partial charge in [-0.1, -0.05) is 18.2 Å². The molecule has 0 radical (unpaired) electrons. The van der Waals surface area contributed by atoms with Crippen LogP contribution in [0.3, 0.4) is 0 Å². The van der Waals surface area contributed by atoms with Crippen molar-refractivity contribution in [3.63, 3.8) is 0 Å². The third-order valence-electron chi connectivity index (χ3n) is 3.75. The number of hydrogen-bond donors (Lipinski definition) is 2. The van der Waals surface area contributed by atoms with E-state index < -0.39 is 11.5 Å². The van der Waals surface area contributed by atoms with E-state index in [2.05, 4.69) is 25.1 Å². The van der Waals surface area contributed by atoms with Crippen molar-refractivity contribution in [3.05, 3.63) is 57.3 Å². The molecule has 2 aromatic heterocycles. The SMILES string of the molecule is COC(=O)Cc1c(C)nc2nc(NCc3ccccc3F)[nH]n2c1=O. The minimum atomic E-state index is -0.528. The summed E-state index contributed by atoms with van der Waals surface area (Å²) in [4.78, 5) is 32.3. The van der Waals surface area contributed by atoms with Crippen LogP contribution in [0.1, 0.15) is 16.8 Å². The largest absolute Gasteiger partial charge is 0.469 e. The van der Waals surface area contributed by atoms with E-state index in [0.29, 0.717) is 11.3 Å². The van der Waals surface area contributed by atoms with Crippen molar-refractivity contribution in [2.45, 2.75) is 19.9 Å². The zero-order chi connectivity index (χ0) is 18.0. The van der Waals surface area contributed by atoms with Crippen molar-refractivity contribution in [2.24, 2.45) is 0 Å². The second kappa shape index (κ2) is 6.71. The Hall–Kier alpha value is -3.23. The number of aromatic nitrogens is 4. The molecular weight excluding hydrogens is 329 g/mol. The predicted molar refractivity (Wildman–Crippen MR) is 87.8 cm³/mol. The van der Waals surface area contributed by atoms with E-state index in [1.165, 1.54) is 13.2 Å². The Morgan fingerprint density at radius 2 is 2.12 bits per heavy atom. The van der Waals surface area contributed by atoms with Gasteiger partial charge in [0.05, 0.1) is 24.8 Å². The van der Waals surface area contributed by atoms with Gasteiger partial charge in [-0.2, -0.15) is 9.50 Å². The van der Waals surface area contributed by atoms with Crippen LogP contribution in [-0.2, 0) is 22.5 Å². The van der Waals surface area contributed by atoms with Crippen molar-refractivity contribution < 1.29 is 13.9 Å². The fourth-order valence-electron chi connectivity index (χ4n) is 2.37. The van der Waals surface area contributed by atoms with Gasteiger partial charge in [-0.3, -0.25) is 14.7 Å². The molecule has 0 aliphatic rings. The number of fused-ring (bicyclic) bond motifs is 1. The van der Waals surface area contributed by atoms with E-state index in [9.17, 15) is 14.0 Å². The van der Waals surface area contributed by atoms with Gasteiger partial charge in [0.25, 0.3) is 11.3 Å². The number of rotatable bonds is 5. The number of aromatic amines is 1. The van der Waals surface area contributed by atoms with E-state index in [0.717, 1.165) is 4.52 Å². The molecule has 0 aliphatic heterocycles. The second-order valence-electron chi connectivity index (χ2n) is 5.39. The molecule has 25 heavy (non-hydrogen) atoms. The Kier molecular flexibility index (Phi) is 4.46. The lowest BCUT2D eigenvalue weighted by molar-refractivity contribution is -0.139. The van der Waals surface area contributed by atoms with Crippen LogP contribution in [0, 0.1) is 12.7 Å². The number of benzene rings is 1. The first-order valence-electron chi connectivity index (χ1n) is 7.52. The number of esters is 1. The molecule has 8 nitrogen and oxygen atoms in total. The number of H-pyrrole nitrogens is 1. The van der Waals surface area contributed by atoms with Crippen LogP contribution in [0.5, 0.6) is 0 Å². The summed E-state index contributed by atoms with van der Waals surface area (Å²) in [5.74, 6) is -0.438. The maximum Gasteiger partial charge on any atom is 0.310 e. The molecule has 1 aromatic carbocycles. The van der Waals surface area contributed by atoms with Gasteiger partial charge in [0, 0.05) is 12.1 Å². The molecule has 130 valence electrons. The summed E-state index contributed by atoms with van der Waals surface area (Å²) in [6.45, 7) is 1.82. The van der Waals surface area contributed by atoms with Crippen LogP contribution in [0.25, 0.3) is 5.78 Å². The number of methoxy groups -OCH3 is 1. The highest BCUT2D eigenvalue weighted by Gasteiger charge is 2.16. The number of aryl methyl sites for hydroxylation is 1. The van der Waals surface area contributed by atoms with Crippen molar-refractivity contribution in [1.82, 2.24) is 19.6 Å². The zero-order valence-corrected chi connectivity index (χ0v) is 13.7. The van der Waals surface area contributed by atoms with Gasteiger partial charge in [-0.25, -0.2) is 9.37 Å². The van der Waals surface area contributed by atoms with E-state index in [-0.39, 0.29) is 36.1 Å². The van der Waals surface area contributed by atoms with Gasteiger partial charge in [0.15, 0.2) is 0 Å². The van der Waals surface area contributed by atoms with Gasteiger partial charge in [-0.15, -0.1) is 0 Å². The number of anilines is 1. The monoisotopic (exact) mass is 345 g/mol. The molecule has 0 amide bonds. The number of ether oxygens (including phenoxy) is 1. The Morgan fingerprint density at radius 3 is 2.84 bits per heavy atom. The Labute approximate surface area is 141 Å². The maximum atomic E-state index is 13.6. The van der Waals surface area contributed by atoms with Gasteiger partial charge < -0.3 is 10.1 Å². The average Bonchev–Trinajstić information content (AvgIpc) is 3.00. The molecule has 0 bridgehead atoms. The number of hydrogen-bond acceptors (Lipinski definition) is 6. The summed E-state index contributed by atoms with van der Waals surface area (Å²) >= 11 is 0. The fourth-order valence-corrected chi connectivity index (χ4v) is 2.37. The lowest BCUT2D eigenvalue weighted by Crippen LogP contribution is -2.24. The maximum absolute atomic E-state index is 13.6. The van der Waals surface area contributed by atoms with Crippen LogP contribution >= 0.6 is 0 Å². The summed E-state index contributed by atoms with van der Waals surface area (Å²) in [5.41, 5.74) is 0.668. The van der Waals surface area contributed by atoms with Crippen molar-refractivity contribution in [2.75, 3.05) is 12.4 Å². The summed E-state index contributed by atoms with van der Waals surface area (Å²) in [6.07, 6.45) is -0.173. The quantitative estimate of drug-likeness (QED) is 0.674. The summed E-state index contributed by atoms with van der Waals surface area (Å²) in [6, 6.07) is 6.35. The van der Waals surface area contributed by atoms with Crippen molar-refractivity contribution in [3.8, 4) is 0 Å². The smallest absolute Gasteiger partial charge is 0.310 e. The summed E-state index contributed by atoms with van der Waals surface area (Å²) in [7, 11) is 1.25.